The van der Waals surface area contributed by atoms with Crippen LogP contribution in [0.25, 0.3) is 0 Å². The van der Waals surface area contributed by atoms with E-state index in [-0.39, 0.29) is 6.10 Å². The normalized spacial score (nSPS) is 26.6. The molecular formula is C14H19N5O. The Morgan fingerprint density at radius 1 is 1.40 bits per heavy atom. The zero-order chi connectivity index (χ0) is 13.8. The van der Waals surface area contributed by atoms with Crippen LogP contribution in [-0.2, 0) is 4.74 Å². The van der Waals surface area contributed by atoms with Crippen molar-refractivity contribution in [2.75, 3.05) is 31.6 Å². The molecule has 2 aliphatic heterocycles. The zero-order valence-electron chi connectivity index (χ0n) is 11.5. The summed E-state index contributed by atoms with van der Waals surface area (Å²) in [5.41, 5.74) is 0.333. The lowest BCUT2D eigenvalue weighted by Gasteiger charge is -2.42. The van der Waals surface area contributed by atoms with Gasteiger partial charge in [-0.2, -0.15) is 5.26 Å². The number of nitrogens with one attached hydrogen (secondary N) is 1. The van der Waals surface area contributed by atoms with Gasteiger partial charge in [0, 0.05) is 31.5 Å². The van der Waals surface area contributed by atoms with E-state index >= 15 is 0 Å². The summed E-state index contributed by atoms with van der Waals surface area (Å²) in [6.45, 7) is 3.62. The quantitative estimate of drug-likeness (QED) is 0.886. The fourth-order valence-electron chi connectivity index (χ4n) is 2.93. The minimum Gasteiger partial charge on any atom is -0.373 e. The number of anilines is 1. The highest BCUT2D eigenvalue weighted by molar-refractivity contribution is 5.46. The van der Waals surface area contributed by atoms with Gasteiger partial charge in [0.1, 0.15) is 6.07 Å². The van der Waals surface area contributed by atoms with Crippen LogP contribution < -0.4 is 5.32 Å². The topological polar surface area (TPSA) is 74.1 Å². The largest absolute Gasteiger partial charge is 0.373 e. The summed E-state index contributed by atoms with van der Waals surface area (Å²) in [6.07, 6.45) is 7.13. The van der Waals surface area contributed by atoms with Crippen molar-refractivity contribution in [3.05, 3.63) is 18.1 Å². The Hall–Kier alpha value is -1.71. The second-order valence-corrected chi connectivity index (χ2v) is 5.35. The van der Waals surface area contributed by atoms with Crippen LogP contribution >= 0.6 is 0 Å². The van der Waals surface area contributed by atoms with Gasteiger partial charge in [-0.05, 0) is 19.4 Å². The molecule has 1 aromatic rings. The molecule has 0 unspecified atom stereocenters. The standard InChI is InChI=1S/C14H19N5O/c15-7-13-14(17-5-4-16-13)18-8-12-9-19-6-2-1-3-11(19)10-20-12/h4-5,11-12H,1-3,6,8-10H2,(H,17,18)/t11-,12+/m0/s1. The van der Waals surface area contributed by atoms with E-state index in [1.165, 1.54) is 32.0 Å². The van der Waals surface area contributed by atoms with E-state index < -0.39 is 0 Å². The summed E-state index contributed by atoms with van der Waals surface area (Å²) in [5, 5.41) is 12.2. The molecule has 106 valence electrons. The minimum atomic E-state index is 0.151. The third kappa shape index (κ3) is 2.89. The highest BCUT2D eigenvalue weighted by atomic mass is 16.5. The smallest absolute Gasteiger partial charge is 0.182 e. The van der Waals surface area contributed by atoms with Crippen LogP contribution in [0.2, 0.25) is 0 Å². The van der Waals surface area contributed by atoms with E-state index in [0.29, 0.717) is 24.1 Å². The molecule has 3 heterocycles. The first-order chi connectivity index (χ1) is 9.86. The maximum atomic E-state index is 8.98. The van der Waals surface area contributed by atoms with Gasteiger partial charge in [0.05, 0.1) is 12.7 Å². The van der Waals surface area contributed by atoms with Crippen molar-refractivity contribution in [2.24, 2.45) is 0 Å². The molecule has 1 N–H and O–H groups in total. The Kier molecular flexibility index (Phi) is 4.09. The van der Waals surface area contributed by atoms with Crippen molar-refractivity contribution in [3.8, 4) is 6.07 Å². The minimum absolute atomic E-state index is 0.151. The summed E-state index contributed by atoms with van der Waals surface area (Å²) in [6, 6.07) is 2.64. The molecule has 1 aromatic heterocycles. The van der Waals surface area contributed by atoms with Crippen molar-refractivity contribution < 1.29 is 4.74 Å². The number of ether oxygens (including phenoxy) is 1. The van der Waals surface area contributed by atoms with Gasteiger partial charge in [0.2, 0.25) is 0 Å². The van der Waals surface area contributed by atoms with Gasteiger partial charge in [-0.15, -0.1) is 0 Å². The Bertz CT molecular complexity index is 501. The molecule has 0 aromatic carbocycles. The molecule has 3 rings (SSSR count). The first-order valence-corrected chi connectivity index (χ1v) is 7.17. The van der Waals surface area contributed by atoms with Crippen LogP contribution in [0.1, 0.15) is 25.0 Å². The Morgan fingerprint density at radius 3 is 3.20 bits per heavy atom. The Morgan fingerprint density at radius 2 is 2.30 bits per heavy atom. The Labute approximate surface area is 118 Å². The molecule has 0 spiro atoms. The molecule has 0 saturated carbocycles. The van der Waals surface area contributed by atoms with Crippen LogP contribution in [0.15, 0.2) is 12.4 Å². The second kappa shape index (κ2) is 6.16. The van der Waals surface area contributed by atoms with Gasteiger partial charge in [-0.25, -0.2) is 9.97 Å². The first-order valence-electron chi connectivity index (χ1n) is 7.17. The van der Waals surface area contributed by atoms with Gasteiger partial charge < -0.3 is 10.1 Å². The number of hydrogen-bond donors (Lipinski definition) is 1. The molecule has 2 aliphatic rings. The molecule has 2 atom stereocenters. The molecule has 20 heavy (non-hydrogen) atoms. The number of morpholine rings is 1. The van der Waals surface area contributed by atoms with E-state index in [1.54, 1.807) is 6.20 Å². The molecule has 0 radical (unpaired) electrons. The average molecular weight is 273 g/mol. The number of hydrogen-bond acceptors (Lipinski definition) is 6. The fraction of sp³-hybridized carbons (Fsp3) is 0.643. The lowest BCUT2D eigenvalue weighted by atomic mass is 10.0. The number of aromatic nitrogens is 2. The van der Waals surface area contributed by atoms with Crippen molar-refractivity contribution in [3.63, 3.8) is 0 Å². The highest BCUT2D eigenvalue weighted by Gasteiger charge is 2.30. The predicted octanol–water partition coefficient (Wildman–Crippen LogP) is 1.01. The van der Waals surface area contributed by atoms with E-state index in [1.807, 2.05) is 6.07 Å². The van der Waals surface area contributed by atoms with E-state index in [4.69, 9.17) is 10.00 Å². The van der Waals surface area contributed by atoms with Crippen molar-refractivity contribution in [2.45, 2.75) is 31.4 Å². The number of piperidine rings is 1. The van der Waals surface area contributed by atoms with Gasteiger partial charge in [-0.3, -0.25) is 4.90 Å². The summed E-state index contributed by atoms with van der Waals surface area (Å²) < 4.78 is 5.91. The Balaban J connectivity index is 1.55. The third-order valence-electron chi connectivity index (χ3n) is 4.01. The summed E-state index contributed by atoms with van der Waals surface area (Å²) in [4.78, 5) is 10.7. The second-order valence-electron chi connectivity index (χ2n) is 5.35. The van der Waals surface area contributed by atoms with E-state index in [2.05, 4.69) is 20.2 Å². The van der Waals surface area contributed by atoms with Crippen molar-refractivity contribution >= 4 is 5.82 Å². The van der Waals surface area contributed by atoms with Crippen LogP contribution in [0.3, 0.4) is 0 Å². The SMILES string of the molecule is N#Cc1nccnc1NC[C@@H]1CN2CCCC[C@H]2CO1. The number of fused-ring (bicyclic) bond motifs is 1. The van der Waals surface area contributed by atoms with Gasteiger partial charge in [0.15, 0.2) is 11.5 Å². The van der Waals surface area contributed by atoms with Gasteiger partial charge >= 0.3 is 0 Å². The summed E-state index contributed by atoms with van der Waals surface area (Å²) in [5.74, 6) is 0.541. The summed E-state index contributed by atoms with van der Waals surface area (Å²) >= 11 is 0. The number of nitriles is 1. The monoisotopic (exact) mass is 273 g/mol. The zero-order valence-corrected chi connectivity index (χ0v) is 11.5. The molecular weight excluding hydrogens is 254 g/mol. The van der Waals surface area contributed by atoms with Crippen LogP contribution in [0, 0.1) is 11.3 Å². The third-order valence-corrected chi connectivity index (χ3v) is 4.01. The van der Waals surface area contributed by atoms with Crippen LogP contribution in [0.4, 0.5) is 5.82 Å². The lowest BCUT2D eigenvalue weighted by molar-refractivity contribution is -0.0689. The molecule has 0 bridgehead atoms. The maximum absolute atomic E-state index is 8.98. The van der Waals surface area contributed by atoms with Crippen LogP contribution in [-0.4, -0.2) is 53.3 Å². The maximum Gasteiger partial charge on any atom is 0.182 e. The average Bonchev–Trinajstić information content (AvgIpc) is 2.53. The molecule has 0 amide bonds. The number of rotatable bonds is 3. The van der Waals surface area contributed by atoms with Crippen molar-refractivity contribution in [1.29, 1.82) is 5.26 Å². The van der Waals surface area contributed by atoms with E-state index in [0.717, 1.165) is 13.2 Å². The van der Waals surface area contributed by atoms with Crippen molar-refractivity contribution in [1.82, 2.24) is 14.9 Å². The summed E-state index contributed by atoms with van der Waals surface area (Å²) in [7, 11) is 0. The molecule has 0 aliphatic carbocycles. The molecule has 2 fully saturated rings. The fourth-order valence-corrected chi connectivity index (χ4v) is 2.93. The lowest BCUT2D eigenvalue weighted by Crippen LogP contribution is -2.53. The van der Waals surface area contributed by atoms with Gasteiger partial charge in [0.25, 0.3) is 0 Å². The first kappa shape index (κ1) is 13.3. The van der Waals surface area contributed by atoms with Crippen LogP contribution in [0.5, 0.6) is 0 Å². The highest BCUT2D eigenvalue weighted by Crippen LogP contribution is 2.22. The molecule has 6 nitrogen and oxygen atoms in total. The molecule has 2 saturated heterocycles. The molecule has 6 heteroatoms. The van der Waals surface area contributed by atoms with Gasteiger partial charge in [-0.1, -0.05) is 6.42 Å². The predicted molar refractivity (Wildman–Crippen MR) is 74.2 cm³/mol. The number of nitrogens with zero attached hydrogens (tertiary/aromatic N) is 4. The van der Waals surface area contributed by atoms with E-state index in [9.17, 15) is 0 Å².